The molecule has 0 bridgehead atoms. The number of non-ortho nitro benzene ring substituents is 1. The zero-order chi connectivity index (χ0) is 24.1. The number of nitrogens with one attached hydrogen (secondary N) is 1. The molecule has 4 rings (SSSR count). The van der Waals surface area contributed by atoms with Gasteiger partial charge >= 0.3 is 0 Å². The number of nitrogens with zero attached hydrogens (tertiary/aromatic N) is 3. The Kier molecular flexibility index (Phi) is 6.87. The minimum absolute atomic E-state index is 0.0582. The molecule has 3 aromatic rings. The lowest BCUT2D eigenvalue weighted by molar-refractivity contribution is -0.384. The summed E-state index contributed by atoms with van der Waals surface area (Å²) in [7, 11) is 0. The Hall–Kier alpha value is -4.20. The van der Waals surface area contributed by atoms with Crippen LogP contribution in [0.5, 0.6) is 0 Å². The topological polar surface area (TPSA) is 95.8 Å². The lowest BCUT2D eigenvalue weighted by Crippen LogP contribution is -2.48. The third kappa shape index (κ3) is 5.23. The van der Waals surface area contributed by atoms with E-state index in [0.717, 1.165) is 30.8 Å². The Labute approximate surface area is 198 Å². The van der Waals surface area contributed by atoms with Gasteiger partial charge < -0.3 is 15.1 Å². The summed E-state index contributed by atoms with van der Waals surface area (Å²) in [6, 6.07) is 20.8. The maximum atomic E-state index is 12.8. The summed E-state index contributed by atoms with van der Waals surface area (Å²) in [6.45, 7) is 4.84. The highest BCUT2D eigenvalue weighted by Gasteiger charge is 2.22. The number of piperazine rings is 1. The highest BCUT2D eigenvalue weighted by molar-refractivity contribution is 6.04. The van der Waals surface area contributed by atoms with Crippen molar-refractivity contribution in [1.29, 1.82) is 0 Å². The van der Waals surface area contributed by atoms with Crippen LogP contribution in [-0.4, -0.2) is 47.8 Å². The average Bonchev–Trinajstić information content (AvgIpc) is 2.89. The zero-order valence-electron chi connectivity index (χ0n) is 18.9. The van der Waals surface area contributed by atoms with Gasteiger partial charge in [-0.2, -0.15) is 0 Å². The van der Waals surface area contributed by atoms with Crippen molar-refractivity contribution in [2.24, 2.45) is 0 Å². The molecule has 0 saturated carbocycles. The Morgan fingerprint density at radius 2 is 1.44 bits per heavy atom. The van der Waals surface area contributed by atoms with Crippen LogP contribution in [-0.2, 0) is 6.42 Å². The molecule has 8 heteroatoms. The molecule has 0 unspecified atom stereocenters. The van der Waals surface area contributed by atoms with Gasteiger partial charge in [0, 0.05) is 60.8 Å². The van der Waals surface area contributed by atoms with Crippen LogP contribution < -0.4 is 10.2 Å². The number of hydrogen-bond acceptors (Lipinski definition) is 5. The maximum Gasteiger partial charge on any atom is 0.269 e. The van der Waals surface area contributed by atoms with Crippen LogP contribution in [0.15, 0.2) is 72.8 Å². The highest BCUT2D eigenvalue weighted by Crippen LogP contribution is 2.21. The molecule has 0 atom stereocenters. The van der Waals surface area contributed by atoms with Crippen molar-refractivity contribution in [3.63, 3.8) is 0 Å². The van der Waals surface area contributed by atoms with E-state index in [-0.39, 0.29) is 17.5 Å². The summed E-state index contributed by atoms with van der Waals surface area (Å²) in [4.78, 5) is 39.6. The second kappa shape index (κ2) is 10.2. The highest BCUT2D eigenvalue weighted by atomic mass is 16.6. The Morgan fingerprint density at radius 3 is 2.00 bits per heavy atom. The molecule has 1 aliphatic rings. The van der Waals surface area contributed by atoms with Crippen LogP contribution in [0.1, 0.15) is 33.2 Å². The normalized spacial score (nSPS) is 13.4. The largest absolute Gasteiger partial charge is 0.368 e. The first-order valence-corrected chi connectivity index (χ1v) is 11.2. The summed E-state index contributed by atoms with van der Waals surface area (Å²) in [5.74, 6) is -0.270. The second-order valence-corrected chi connectivity index (χ2v) is 8.13. The van der Waals surface area contributed by atoms with E-state index in [2.05, 4.69) is 17.1 Å². The first-order valence-electron chi connectivity index (χ1n) is 11.2. The smallest absolute Gasteiger partial charge is 0.269 e. The fourth-order valence-corrected chi connectivity index (χ4v) is 3.93. The fraction of sp³-hybridized carbons (Fsp3) is 0.231. The van der Waals surface area contributed by atoms with Crippen LogP contribution >= 0.6 is 0 Å². The monoisotopic (exact) mass is 458 g/mol. The molecule has 0 aliphatic carbocycles. The molecular weight excluding hydrogens is 432 g/mol. The van der Waals surface area contributed by atoms with E-state index < -0.39 is 4.92 Å². The molecule has 0 radical (unpaired) electrons. The van der Waals surface area contributed by atoms with Crippen molar-refractivity contribution in [2.75, 3.05) is 36.4 Å². The number of hydrogen-bond donors (Lipinski definition) is 1. The van der Waals surface area contributed by atoms with E-state index in [0.29, 0.717) is 24.3 Å². The predicted octanol–water partition coefficient (Wildman–Crippen LogP) is 4.37. The molecule has 2 amide bonds. The van der Waals surface area contributed by atoms with Gasteiger partial charge in [0.2, 0.25) is 0 Å². The third-order valence-electron chi connectivity index (χ3n) is 6.01. The van der Waals surface area contributed by atoms with Crippen LogP contribution in [0, 0.1) is 10.1 Å². The lowest BCUT2D eigenvalue weighted by atomic mass is 10.1. The molecule has 0 spiro atoms. The summed E-state index contributed by atoms with van der Waals surface area (Å²) >= 11 is 0. The van der Waals surface area contributed by atoms with E-state index in [4.69, 9.17) is 0 Å². The van der Waals surface area contributed by atoms with E-state index >= 15 is 0 Å². The quantitative estimate of drug-likeness (QED) is 0.437. The lowest BCUT2D eigenvalue weighted by Gasteiger charge is -2.36. The first kappa shape index (κ1) is 23.0. The summed E-state index contributed by atoms with van der Waals surface area (Å²) in [5.41, 5.74) is 3.88. The van der Waals surface area contributed by atoms with E-state index in [1.54, 1.807) is 0 Å². The van der Waals surface area contributed by atoms with E-state index in [1.165, 1.54) is 29.8 Å². The zero-order valence-corrected chi connectivity index (χ0v) is 18.9. The number of benzene rings is 3. The second-order valence-electron chi connectivity index (χ2n) is 8.13. The minimum Gasteiger partial charge on any atom is -0.368 e. The standard InChI is InChI=1S/C26H26N4O4/c1-2-19-3-5-21(6-4-19)26(32)29-17-15-28(16-18-29)23-13-9-22(10-14-23)27-25(31)20-7-11-24(12-8-20)30(33)34/h3-14H,2,15-18H2,1H3,(H,27,31). The van der Waals surface area contributed by atoms with Crippen LogP contribution in [0.4, 0.5) is 17.1 Å². The predicted molar refractivity (Wildman–Crippen MR) is 131 cm³/mol. The number of carbonyl (C=O) groups is 2. The van der Waals surface area contributed by atoms with Gasteiger partial charge in [0.05, 0.1) is 4.92 Å². The number of nitro benzene ring substituents is 1. The Balaban J connectivity index is 1.31. The molecule has 1 aliphatic heterocycles. The Bertz CT molecular complexity index is 1170. The molecule has 3 aromatic carbocycles. The molecule has 8 nitrogen and oxygen atoms in total. The fourth-order valence-electron chi connectivity index (χ4n) is 3.93. The number of aryl methyl sites for hydroxylation is 1. The SMILES string of the molecule is CCc1ccc(C(=O)N2CCN(c3ccc(NC(=O)c4ccc([N+](=O)[O-])cc4)cc3)CC2)cc1. The van der Waals surface area contributed by atoms with Gasteiger partial charge in [0.25, 0.3) is 17.5 Å². The van der Waals surface area contributed by atoms with E-state index in [1.807, 2.05) is 53.4 Å². The molecule has 1 saturated heterocycles. The van der Waals surface area contributed by atoms with Crippen molar-refractivity contribution in [3.05, 3.63) is 99.6 Å². The van der Waals surface area contributed by atoms with Gasteiger partial charge in [0.15, 0.2) is 0 Å². The molecule has 1 heterocycles. The molecule has 1 fully saturated rings. The van der Waals surface area contributed by atoms with Crippen molar-refractivity contribution in [3.8, 4) is 0 Å². The van der Waals surface area contributed by atoms with Crippen molar-refractivity contribution >= 4 is 28.9 Å². The van der Waals surface area contributed by atoms with Crippen LogP contribution in [0.25, 0.3) is 0 Å². The molecule has 34 heavy (non-hydrogen) atoms. The average molecular weight is 459 g/mol. The van der Waals surface area contributed by atoms with Gasteiger partial charge in [-0.3, -0.25) is 19.7 Å². The van der Waals surface area contributed by atoms with Gasteiger partial charge in [-0.15, -0.1) is 0 Å². The number of nitro groups is 1. The van der Waals surface area contributed by atoms with E-state index in [9.17, 15) is 19.7 Å². The number of carbonyl (C=O) groups excluding carboxylic acids is 2. The summed E-state index contributed by atoms with van der Waals surface area (Å²) in [5, 5.41) is 13.6. The number of amides is 2. The van der Waals surface area contributed by atoms with Crippen molar-refractivity contribution < 1.29 is 14.5 Å². The van der Waals surface area contributed by atoms with Crippen molar-refractivity contribution in [1.82, 2.24) is 4.90 Å². The van der Waals surface area contributed by atoms with Crippen molar-refractivity contribution in [2.45, 2.75) is 13.3 Å². The number of anilines is 2. The van der Waals surface area contributed by atoms with Crippen LogP contribution in [0.2, 0.25) is 0 Å². The van der Waals surface area contributed by atoms with Gasteiger partial charge in [-0.25, -0.2) is 0 Å². The Morgan fingerprint density at radius 1 is 0.853 bits per heavy atom. The maximum absolute atomic E-state index is 12.8. The third-order valence-corrected chi connectivity index (χ3v) is 6.01. The minimum atomic E-state index is -0.500. The van der Waals surface area contributed by atoms with Gasteiger partial charge in [0.1, 0.15) is 0 Å². The molecule has 1 N–H and O–H groups in total. The number of rotatable bonds is 6. The van der Waals surface area contributed by atoms with Crippen LogP contribution in [0.3, 0.4) is 0 Å². The first-order chi connectivity index (χ1) is 16.4. The van der Waals surface area contributed by atoms with Gasteiger partial charge in [-0.05, 0) is 60.5 Å². The molecule has 0 aromatic heterocycles. The van der Waals surface area contributed by atoms with Gasteiger partial charge in [-0.1, -0.05) is 19.1 Å². The summed E-state index contributed by atoms with van der Waals surface area (Å²) in [6.07, 6.45) is 0.951. The molecule has 174 valence electrons. The summed E-state index contributed by atoms with van der Waals surface area (Å²) < 4.78 is 0. The molecular formula is C26H26N4O4.